The Bertz CT molecular complexity index is 567. The van der Waals surface area contributed by atoms with Crippen molar-refractivity contribution in [2.75, 3.05) is 7.11 Å². The molecule has 5 atom stereocenters. The summed E-state index contributed by atoms with van der Waals surface area (Å²) < 4.78 is 5.40. The monoisotopic (exact) mass is 300 g/mol. The number of ether oxygens (including phenoxy) is 1. The highest BCUT2D eigenvalue weighted by Gasteiger charge is 2.55. The van der Waals surface area contributed by atoms with Gasteiger partial charge in [0.2, 0.25) is 0 Å². The van der Waals surface area contributed by atoms with Gasteiger partial charge in [0, 0.05) is 0 Å². The van der Waals surface area contributed by atoms with E-state index in [1.165, 1.54) is 37.7 Å². The van der Waals surface area contributed by atoms with Crippen molar-refractivity contribution in [3.8, 4) is 5.75 Å². The molecular weight excluding hydrogens is 272 g/mol. The van der Waals surface area contributed by atoms with Gasteiger partial charge in [-0.3, -0.25) is 0 Å². The van der Waals surface area contributed by atoms with E-state index in [1.54, 1.807) is 12.7 Å². The predicted molar refractivity (Wildman–Crippen MR) is 88.2 cm³/mol. The fourth-order valence-corrected chi connectivity index (χ4v) is 6.14. The van der Waals surface area contributed by atoms with E-state index >= 15 is 0 Å². The molecule has 0 aliphatic heterocycles. The molecule has 0 saturated heterocycles. The van der Waals surface area contributed by atoms with Crippen molar-refractivity contribution in [3.05, 3.63) is 29.3 Å². The molecule has 2 saturated carbocycles. The smallest absolute Gasteiger partial charge is 0.119 e. The Kier molecular flexibility index (Phi) is 3.48. The van der Waals surface area contributed by atoms with Crippen molar-refractivity contribution >= 4 is 0 Å². The van der Waals surface area contributed by atoms with E-state index in [4.69, 9.17) is 4.74 Å². The van der Waals surface area contributed by atoms with Crippen LogP contribution < -0.4 is 4.74 Å². The van der Waals surface area contributed by atoms with E-state index in [9.17, 15) is 5.11 Å². The summed E-state index contributed by atoms with van der Waals surface area (Å²) in [6, 6.07) is 6.69. The number of hydrogen-bond acceptors (Lipinski definition) is 2. The van der Waals surface area contributed by atoms with Gasteiger partial charge in [-0.05, 0) is 91.4 Å². The Morgan fingerprint density at radius 2 is 2.09 bits per heavy atom. The number of benzene rings is 1. The molecule has 2 fully saturated rings. The molecule has 2 heteroatoms. The predicted octanol–water partition coefficient (Wildman–Crippen LogP) is 4.30. The third kappa shape index (κ3) is 1.89. The number of aryl methyl sites for hydroxylation is 1. The molecule has 120 valence electrons. The van der Waals surface area contributed by atoms with Gasteiger partial charge in [-0.15, -0.1) is 0 Å². The van der Waals surface area contributed by atoms with Crippen molar-refractivity contribution in [3.63, 3.8) is 0 Å². The fraction of sp³-hybridized carbons (Fsp3) is 0.700. The summed E-state index contributed by atoms with van der Waals surface area (Å²) in [4.78, 5) is 0. The molecule has 1 N–H and O–H groups in total. The van der Waals surface area contributed by atoms with Crippen LogP contribution in [0.5, 0.6) is 5.75 Å². The fourth-order valence-electron chi connectivity index (χ4n) is 6.14. The Morgan fingerprint density at radius 3 is 2.86 bits per heavy atom. The van der Waals surface area contributed by atoms with Gasteiger partial charge in [-0.2, -0.15) is 0 Å². The molecule has 1 aromatic carbocycles. The van der Waals surface area contributed by atoms with Crippen LogP contribution in [0.2, 0.25) is 0 Å². The van der Waals surface area contributed by atoms with E-state index in [1.807, 2.05) is 0 Å². The van der Waals surface area contributed by atoms with Crippen LogP contribution in [0.3, 0.4) is 0 Å². The summed E-state index contributed by atoms with van der Waals surface area (Å²) in [5.74, 6) is 3.23. The number of aliphatic hydroxyl groups excluding tert-OH is 1. The molecule has 0 amide bonds. The lowest BCUT2D eigenvalue weighted by molar-refractivity contribution is -0.0394. The zero-order chi connectivity index (χ0) is 15.3. The minimum absolute atomic E-state index is 0.0549. The second-order valence-electron chi connectivity index (χ2n) is 7.70. The maximum Gasteiger partial charge on any atom is 0.119 e. The molecule has 0 heterocycles. The van der Waals surface area contributed by atoms with Gasteiger partial charge in [-0.25, -0.2) is 0 Å². The van der Waals surface area contributed by atoms with E-state index in [2.05, 4.69) is 25.1 Å². The van der Waals surface area contributed by atoms with Crippen LogP contribution in [0.1, 0.15) is 62.5 Å². The summed E-state index contributed by atoms with van der Waals surface area (Å²) in [6.45, 7) is 2.30. The summed E-state index contributed by atoms with van der Waals surface area (Å²) in [5.41, 5.74) is 3.30. The Hall–Kier alpha value is -1.02. The summed E-state index contributed by atoms with van der Waals surface area (Å²) in [5, 5.41) is 10.6. The molecule has 4 rings (SSSR count). The summed E-state index contributed by atoms with van der Waals surface area (Å²) >= 11 is 0. The average molecular weight is 300 g/mol. The zero-order valence-corrected chi connectivity index (χ0v) is 13.8. The average Bonchev–Trinajstić information content (AvgIpc) is 2.91. The molecule has 0 spiro atoms. The molecule has 0 bridgehead atoms. The van der Waals surface area contributed by atoms with Crippen molar-refractivity contribution in [1.82, 2.24) is 0 Å². The van der Waals surface area contributed by atoms with Gasteiger partial charge in [0.25, 0.3) is 0 Å². The van der Waals surface area contributed by atoms with Gasteiger partial charge in [-0.1, -0.05) is 13.0 Å². The van der Waals surface area contributed by atoms with Crippen molar-refractivity contribution in [2.24, 2.45) is 17.3 Å². The SMILES string of the molecule is CC[C@]12CC[C@@H]3c4ccc(OC)cc4CC[C@H]3[C@@H]1CCC2O. The highest BCUT2D eigenvalue weighted by atomic mass is 16.5. The number of methoxy groups -OCH3 is 1. The first-order valence-electron chi connectivity index (χ1n) is 9.04. The lowest BCUT2D eigenvalue weighted by atomic mass is 9.54. The van der Waals surface area contributed by atoms with Gasteiger partial charge < -0.3 is 9.84 Å². The first kappa shape index (κ1) is 14.6. The zero-order valence-electron chi connectivity index (χ0n) is 13.8. The lowest BCUT2D eigenvalue weighted by Gasteiger charge is -2.51. The molecule has 0 aromatic heterocycles. The minimum atomic E-state index is -0.0549. The van der Waals surface area contributed by atoms with Crippen molar-refractivity contribution in [2.45, 2.75) is 63.9 Å². The topological polar surface area (TPSA) is 29.5 Å². The van der Waals surface area contributed by atoms with E-state index < -0.39 is 0 Å². The van der Waals surface area contributed by atoms with Crippen LogP contribution in [0.25, 0.3) is 0 Å². The van der Waals surface area contributed by atoms with Crippen LogP contribution in [-0.2, 0) is 6.42 Å². The van der Waals surface area contributed by atoms with Gasteiger partial charge in [0.05, 0.1) is 13.2 Å². The van der Waals surface area contributed by atoms with Crippen LogP contribution in [0, 0.1) is 17.3 Å². The van der Waals surface area contributed by atoms with Crippen LogP contribution in [0.4, 0.5) is 0 Å². The first-order chi connectivity index (χ1) is 10.7. The number of hydrogen-bond donors (Lipinski definition) is 1. The maximum atomic E-state index is 10.6. The highest BCUT2D eigenvalue weighted by molar-refractivity contribution is 5.40. The standard InChI is InChI=1S/C20H28O2/c1-3-20-11-10-16-15-7-5-14(22-2)12-13(15)4-6-17(16)18(20)8-9-19(20)21/h5,7,12,16-19,21H,3-4,6,8-11H2,1-2H3/t16-,17-,18+,19?,20+/m1/s1. The number of aliphatic hydroxyl groups is 1. The van der Waals surface area contributed by atoms with Crippen LogP contribution in [0.15, 0.2) is 18.2 Å². The van der Waals surface area contributed by atoms with Gasteiger partial charge in [0.15, 0.2) is 0 Å². The Morgan fingerprint density at radius 1 is 1.23 bits per heavy atom. The maximum absolute atomic E-state index is 10.6. The molecular formula is C20H28O2. The van der Waals surface area contributed by atoms with E-state index in [-0.39, 0.29) is 11.5 Å². The first-order valence-corrected chi connectivity index (χ1v) is 9.04. The van der Waals surface area contributed by atoms with Crippen LogP contribution in [-0.4, -0.2) is 18.3 Å². The third-order valence-corrected chi connectivity index (χ3v) is 7.26. The summed E-state index contributed by atoms with van der Waals surface area (Å²) in [6.07, 6.45) is 8.30. The van der Waals surface area contributed by atoms with E-state index in [0.29, 0.717) is 5.92 Å². The molecule has 2 nitrogen and oxygen atoms in total. The van der Waals surface area contributed by atoms with Gasteiger partial charge in [0.1, 0.15) is 5.75 Å². The third-order valence-electron chi connectivity index (χ3n) is 7.26. The second kappa shape index (κ2) is 5.26. The quantitative estimate of drug-likeness (QED) is 0.882. The molecule has 3 aliphatic rings. The molecule has 0 radical (unpaired) electrons. The molecule has 22 heavy (non-hydrogen) atoms. The largest absolute Gasteiger partial charge is 0.497 e. The van der Waals surface area contributed by atoms with Crippen LogP contribution >= 0.6 is 0 Å². The number of fused-ring (bicyclic) bond motifs is 5. The van der Waals surface area contributed by atoms with Crippen molar-refractivity contribution in [1.29, 1.82) is 0 Å². The molecule has 3 aliphatic carbocycles. The van der Waals surface area contributed by atoms with Crippen molar-refractivity contribution < 1.29 is 9.84 Å². The Balaban J connectivity index is 1.68. The molecule has 1 aromatic rings. The normalized spacial score (nSPS) is 39.8. The number of rotatable bonds is 2. The van der Waals surface area contributed by atoms with Gasteiger partial charge >= 0.3 is 0 Å². The highest BCUT2D eigenvalue weighted by Crippen LogP contribution is 2.62. The second-order valence-corrected chi connectivity index (χ2v) is 7.70. The summed E-state index contributed by atoms with van der Waals surface area (Å²) in [7, 11) is 1.75. The van der Waals surface area contributed by atoms with E-state index in [0.717, 1.165) is 30.4 Å². The Labute approximate surface area is 133 Å². The minimum Gasteiger partial charge on any atom is -0.497 e. The molecule has 1 unspecified atom stereocenters. The lowest BCUT2D eigenvalue weighted by Crippen LogP contribution is -2.45.